The Hall–Kier alpha value is -6.34. The monoisotopic (exact) mass is 860 g/mol. The van der Waals surface area contributed by atoms with Gasteiger partial charge in [0, 0.05) is 31.6 Å². The second-order valence-electron chi connectivity index (χ2n) is 14.7. The van der Waals surface area contributed by atoms with E-state index in [0.29, 0.717) is 36.1 Å². The molecule has 0 radical (unpaired) electrons. The number of phenolic OH excluding ortho intramolecular Hbond substituents is 2. The van der Waals surface area contributed by atoms with Crippen molar-refractivity contribution in [3.63, 3.8) is 0 Å². The molecule has 1 aliphatic rings. The number of carbonyl (C=O) groups is 6. The van der Waals surface area contributed by atoms with Gasteiger partial charge in [0.05, 0.1) is 0 Å². The topological polar surface area (TPSA) is 305 Å². The molecule has 1 heterocycles. The van der Waals surface area contributed by atoms with Gasteiger partial charge in [0.2, 0.25) is 35.4 Å². The standard InChI is InChI=1S/C42H56N10O8S/c43-19-5-4-9-30-37(56)52-35(24-61)41(60)51-34(23-27-13-17-29(54)18-14-27)40(59)50-33(22-26-11-15-28(53)16-12-26)39(58)49-32(21-25-7-2-1-3-8-25)38(57)48-31(36(55)47-30)10-6-20-46-42(44)45/h1-3,7-8,11-18,30-35,53-54,61H,4-6,9-10,19-24,43H2,(H,47,55)(H,48,57)(H,49,58)(H,50,59)(H,51,60)(H,52,56)(H4,44,45,46)/t30-,31-,32-,33-,34-,35-/m0/s1. The maximum Gasteiger partial charge on any atom is 0.244 e. The summed E-state index contributed by atoms with van der Waals surface area (Å²) in [6, 6.07) is 13.1. The van der Waals surface area contributed by atoms with Gasteiger partial charge in [-0.2, -0.15) is 12.6 Å². The van der Waals surface area contributed by atoms with Crippen molar-refractivity contribution in [2.75, 3.05) is 18.8 Å². The summed E-state index contributed by atoms with van der Waals surface area (Å²) in [4.78, 5) is 88.9. The number of phenols is 2. The molecule has 0 saturated carbocycles. The highest BCUT2D eigenvalue weighted by Crippen LogP contribution is 2.15. The molecule has 14 N–H and O–H groups in total. The van der Waals surface area contributed by atoms with Crippen LogP contribution in [0.1, 0.15) is 48.8 Å². The van der Waals surface area contributed by atoms with Crippen LogP contribution < -0.4 is 49.1 Å². The van der Waals surface area contributed by atoms with Crippen molar-refractivity contribution in [2.45, 2.75) is 87.6 Å². The number of aromatic hydroxyl groups is 2. The molecule has 4 rings (SSSR count). The molecule has 1 saturated heterocycles. The van der Waals surface area contributed by atoms with Crippen molar-refractivity contribution in [2.24, 2.45) is 22.2 Å². The van der Waals surface area contributed by atoms with Crippen molar-refractivity contribution in [1.82, 2.24) is 31.9 Å². The van der Waals surface area contributed by atoms with Crippen molar-refractivity contribution in [3.05, 3.63) is 95.6 Å². The first-order valence-corrected chi connectivity index (χ1v) is 20.7. The molecule has 6 atom stereocenters. The van der Waals surface area contributed by atoms with Gasteiger partial charge >= 0.3 is 0 Å². The van der Waals surface area contributed by atoms with Gasteiger partial charge in [0.25, 0.3) is 0 Å². The van der Waals surface area contributed by atoms with Gasteiger partial charge < -0.3 is 59.3 Å². The highest BCUT2D eigenvalue weighted by atomic mass is 32.1. The molecule has 1 aliphatic heterocycles. The molecule has 6 amide bonds. The Kier molecular flexibility index (Phi) is 18.7. The number of aliphatic imine (C=N–C) groups is 1. The van der Waals surface area contributed by atoms with Crippen LogP contribution in [0.3, 0.4) is 0 Å². The minimum Gasteiger partial charge on any atom is -0.508 e. The average Bonchev–Trinajstić information content (AvgIpc) is 3.23. The van der Waals surface area contributed by atoms with Crippen molar-refractivity contribution in [1.29, 1.82) is 0 Å². The van der Waals surface area contributed by atoms with E-state index < -0.39 is 71.7 Å². The predicted molar refractivity (Wildman–Crippen MR) is 232 cm³/mol. The van der Waals surface area contributed by atoms with E-state index in [1.807, 2.05) is 0 Å². The molecule has 0 unspecified atom stereocenters. The summed E-state index contributed by atoms with van der Waals surface area (Å²) in [7, 11) is 0. The highest BCUT2D eigenvalue weighted by molar-refractivity contribution is 7.80. The van der Waals surface area contributed by atoms with Crippen LogP contribution in [0.5, 0.6) is 11.5 Å². The molecule has 0 spiro atoms. The van der Waals surface area contributed by atoms with Crippen LogP contribution in [0.25, 0.3) is 0 Å². The summed E-state index contributed by atoms with van der Waals surface area (Å²) in [5.74, 6) is -4.88. The molecule has 1 fully saturated rings. The lowest BCUT2D eigenvalue weighted by Gasteiger charge is -2.29. The van der Waals surface area contributed by atoms with Gasteiger partial charge in [-0.3, -0.25) is 33.8 Å². The molecule has 19 heteroatoms. The minimum absolute atomic E-state index is 0.0185. The first-order valence-electron chi connectivity index (χ1n) is 20.0. The zero-order chi connectivity index (χ0) is 44.3. The summed E-state index contributed by atoms with van der Waals surface area (Å²) in [5, 5.41) is 36.2. The first kappa shape index (κ1) is 47.3. The van der Waals surface area contributed by atoms with Crippen LogP contribution in [0.2, 0.25) is 0 Å². The first-order chi connectivity index (χ1) is 29.3. The zero-order valence-corrected chi connectivity index (χ0v) is 34.6. The Bertz CT molecular complexity index is 1970. The SMILES string of the molecule is NCCCC[C@@H]1NC(=O)[C@H](CCCN=C(N)N)NC(=O)[C@H](Cc2ccccc2)NC(=O)[C@H](Cc2ccc(O)cc2)NC(=O)[C@H](Cc2ccc(O)cc2)NC(=O)[C@H](CS)NC1=O. The Morgan fingerprint density at radius 1 is 0.508 bits per heavy atom. The predicted octanol–water partition coefficient (Wildman–Crippen LogP) is -0.839. The van der Waals surface area contributed by atoms with E-state index in [-0.39, 0.29) is 68.3 Å². The van der Waals surface area contributed by atoms with E-state index in [1.165, 1.54) is 24.3 Å². The molecular weight excluding hydrogens is 805 g/mol. The molecule has 61 heavy (non-hydrogen) atoms. The van der Waals surface area contributed by atoms with Crippen LogP contribution in [0.15, 0.2) is 83.9 Å². The summed E-state index contributed by atoms with van der Waals surface area (Å²) < 4.78 is 0. The average molecular weight is 861 g/mol. The quantitative estimate of drug-likeness (QED) is 0.0387. The van der Waals surface area contributed by atoms with Crippen molar-refractivity contribution >= 4 is 54.0 Å². The van der Waals surface area contributed by atoms with E-state index >= 15 is 0 Å². The number of unbranched alkanes of at least 4 members (excludes halogenated alkanes) is 1. The molecule has 0 aliphatic carbocycles. The van der Waals surface area contributed by atoms with Gasteiger partial charge in [0.15, 0.2) is 5.96 Å². The van der Waals surface area contributed by atoms with E-state index in [4.69, 9.17) is 17.2 Å². The number of rotatable bonds is 15. The number of hydrogen-bond acceptors (Lipinski definition) is 11. The lowest BCUT2D eigenvalue weighted by molar-refractivity contribution is -0.136. The molecule has 0 bridgehead atoms. The number of amides is 6. The second-order valence-corrected chi connectivity index (χ2v) is 15.1. The molecule has 328 valence electrons. The van der Waals surface area contributed by atoms with E-state index in [2.05, 4.69) is 49.5 Å². The molecule has 0 aromatic heterocycles. The Morgan fingerprint density at radius 2 is 0.869 bits per heavy atom. The van der Waals surface area contributed by atoms with Crippen LogP contribution in [0.4, 0.5) is 0 Å². The summed E-state index contributed by atoms with van der Waals surface area (Å²) in [6.07, 6.45) is 1.14. The molecular formula is C42H56N10O8S. The van der Waals surface area contributed by atoms with E-state index in [0.717, 1.165) is 0 Å². The number of benzene rings is 3. The number of nitrogens with zero attached hydrogens (tertiary/aromatic N) is 1. The third kappa shape index (κ3) is 15.6. The number of carbonyl (C=O) groups excluding carboxylic acids is 6. The summed E-state index contributed by atoms with van der Waals surface area (Å²) in [6.45, 7) is 0.444. The number of guanidine groups is 1. The van der Waals surface area contributed by atoms with Gasteiger partial charge in [-0.15, -0.1) is 0 Å². The summed E-state index contributed by atoms with van der Waals surface area (Å²) in [5.41, 5.74) is 18.5. The number of nitrogens with one attached hydrogen (secondary N) is 6. The Labute approximate surface area is 359 Å². The molecule has 18 nitrogen and oxygen atoms in total. The van der Waals surface area contributed by atoms with Gasteiger partial charge in [-0.25, -0.2) is 0 Å². The maximum absolute atomic E-state index is 14.4. The number of nitrogens with two attached hydrogens (primary N) is 3. The summed E-state index contributed by atoms with van der Waals surface area (Å²) >= 11 is 4.31. The van der Waals surface area contributed by atoms with Crippen LogP contribution in [0, 0.1) is 0 Å². The number of hydrogen-bond donors (Lipinski definition) is 12. The fraction of sp³-hybridized carbons (Fsp3) is 0.405. The van der Waals surface area contributed by atoms with Gasteiger partial charge in [-0.05, 0) is 79.6 Å². The Balaban J connectivity index is 1.80. The normalized spacial score (nSPS) is 21.9. The lowest BCUT2D eigenvalue weighted by Crippen LogP contribution is -2.62. The fourth-order valence-electron chi connectivity index (χ4n) is 6.58. The second kappa shape index (κ2) is 24.0. The maximum atomic E-state index is 14.4. The lowest BCUT2D eigenvalue weighted by atomic mass is 10.00. The van der Waals surface area contributed by atoms with Crippen molar-refractivity contribution < 1.29 is 39.0 Å². The van der Waals surface area contributed by atoms with Crippen LogP contribution in [-0.4, -0.2) is 107 Å². The smallest absolute Gasteiger partial charge is 0.244 e. The van der Waals surface area contributed by atoms with Gasteiger partial charge in [-0.1, -0.05) is 54.6 Å². The van der Waals surface area contributed by atoms with Gasteiger partial charge in [0.1, 0.15) is 47.8 Å². The zero-order valence-electron chi connectivity index (χ0n) is 33.7. The van der Waals surface area contributed by atoms with Crippen LogP contribution in [-0.2, 0) is 48.0 Å². The molecule has 3 aromatic rings. The van der Waals surface area contributed by atoms with E-state index in [9.17, 15) is 39.0 Å². The largest absolute Gasteiger partial charge is 0.508 e. The fourth-order valence-corrected chi connectivity index (χ4v) is 6.83. The third-order valence-electron chi connectivity index (χ3n) is 9.91. The number of thiol groups is 1. The van der Waals surface area contributed by atoms with E-state index in [1.54, 1.807) is 54.6 Å². The third-order valence-corrected chi connectivity index (χ3v) is 10.3. The molecule has 3 aromatic carbocycles. The highest BCUT2D eigenvalue weighted by Gasteiger charge is 2.35. The minimum atomic E-state index is -1.34. The van der Waals surface area contributed by atoms with Crippen molar-refractivity contribution in [3.8, 4) is 11.5 Å². The van der Waals surface area contributed by atoms with Crippen LogP contribution >= 0.6 is 12.6 Å². The Morgan fingerprint density at radius 3 is 1.28 bits per heavy atom.